The Bertz CT molecular complexity index is 887. The predicted octanol–water partition coefficient (Wildman–Crippen LogP) is 4.41. The van der Waals surface area contributed by atoms with Crippen molar-refractivity contribution in [2.24, 2.45) is 5.10 Å². The largest absolute Gasteiger partial charge is 0.368 e. The van der Waals surface area contributed by atoms with Crippen molar-refractivity contribution in [1.82, 2.24) is 5.01 Å². The van der Waals surface area contributed by atoms with E-state index in [1.807, 2.05) is 6.21 Å². The van der Waals surface area contributed by atoms with Crippen LogP contribution in [0.25, 0.3) is 0 Å². The molecule has 1 fully saturated rings. The molecule has 0 bridgehead atoms. The molecule has 2 aliphatic heterocycles. The van der Waals surface area contributed by atoms with Gasteiger partial charge >= 0.3 is 0 Å². The molecule has 0 atom stereocenters. The second-order valence-corrected chi connectivity index (χ2v) is 8.29. The summed E-state index contributed by atoms with van der Waals surface area (Å²) >= 11 is 0. The molecule has 28 heavy (non-hydrogen) atoms. The van der Waals surface area contributed by atoms with Gasteiger partial charge in [-0.3, -0.25) is 5.01 Å². The fraction of sp³-hybridized carbons (Fsp3) is 0.375. The molecule has 0 unspecified atom stereocenters. The Hall–Kier alpha value is -2.75. The number of hydrogen-bond donors (Lipinski definition) is 0. The van der Waals surface area contributed by atoms with E-state index in [9.17, 15) is 0 Å². The average molecular weight is 375 g/mol. The van der Waals surface area contributed by atoms with E-state index in [1.54, 1.807) is 0 Å². The van der Waals surface area contributed by atoms with Gasteiger partial charge in [-0.2, -0.15) is 5.10 Å². The van der Waals surface area contributed by atoms with E-state index in [0.717, 1.165) is 26.2 Å². The molecule has 2 heterocycles. The number of nitrogens with zero attached hydrogens (tertiary/aromatic N) is 4. The normalized spacial score (nSPS) is 20.3. The maximum absolute atomic E-state index is 4.73. The molecular weight excluding hydrogens is 344 g/mol. The molecule has 0 N–H and O–H groups in total. The van der Waals surface area contributed by atoms with Crippen LogP contribution in [-0.4, -0.2) is 44.5 Å². The molecule has 0 radical (unpaired) electrons. The molecule has 2 aromatic rings. The third-order valence-corrected chi connectivity index (χ3v) is 6.06. The van der Waals surface area contributed by atoms with E-state index in [0.29, 0.717) is 0 Å². The van der Waals surface area contributed by atoms with Crippen LogP contribution < -0.4 is 9.80 Å². The summed E-state index contributed by atoms with van der Waals surface area (Å²) in [6.07, 6.45) is 4.15. The Kier molecular flexibility index (Phi) is 4.88. The van der Waals surface area contributed by atoms with E-state index in [-0.39, 0.29) is 5.41 Å². The van der Waals surface area contributed by atoms with Crippen molar-refractivity contribution in [2.45, 2.75) is 26.2 Å². The summed E-state index contributed by atoms with van der Waals surface area (Å²) in [5, 5.41) is 6.91. The molecule has 0 spiro atoms. The second-order valence-electron chi connectivity index (χ2n) is 8.29. The highest BCUT2D eigenvalue weighted by Gasteiger charge is 2.37. The zero-order valence-electron chi connectivity index (χ0n) is 17.4. The van der Waals surface area contributed by atoms with Gasteiger partial charge in [0.2, 0.25) is 0 Å². The summed E-state index contributed by atoms with van der Waals surface area (Å²) in [6, 6.07) is 17.5. The van der Waals surface area contributed by atoms with E-state index in [1.165, 1.54) is 28.2 Å². The molecular formula is C24H30N4. The van der Waals surface area contributed by atoms with Crippen LogP contribution in [0.3, 0.4) is 0 Å². The quantitative estimate of drug-likeness (QED) is 0.743. The molecule has 1 saturated heterocycles. The SMILES string of the molecule is Cc1ccc(N2CCN(/N=C/C=C3\N(C)c4ccccc4C3(C)C)CC2)cc1. The van der Waals surface area contributed by atoms with Gasteiger partial charge in [0, 0.05) is 48.8 Å². The number of benzene rings is 2. The minimum Gasteiger partial charge on any atom is -0.368 e. The summed E-state index contributed by atoms with van der Waals surface area (Å²) in [6.45, 7) is 10.6. The summed E-state index contributed by atoms with van der Waals surface area (Å²) in [4.78, 5) is 4.73. The lowest BCUT2D eigenvalue weighted by Crippen LogP contribution is -2.44. The van der Waals surface area contributed by atoms with Crippen LogP contribution in [0.2, 0.25) is 0 Å². The van der Waals surface area contributed by atoms with Crippen LogP contribution in [-0.2, 0) is 5.41 Å². The van der Waals surface area contributed by atoms with E-state index in [4.69, 9.17) is 5.10 Å². The van der Waals surface area contributed by atoms with Crippen molar-refractivity contribution in [1.29, 1.82) is 0 Å². The van der Waals surface area contributed by atoms with Crippen molar-refractivity contribution in [3.05, 3.63) is 71.4 Å². The molecule has 0 aliphatic carbocycles. The van der Waals surface area contributed by atoms with Crippen LogP contribution in [0.15, 0.2) is 65.4 Å². The van der Waals surface area contributed by atoms with Gasteiger partial charge in [0.15, 0.2) is 0 Å². The molecule has 146 valence electrons. The first kappa shape index (κ1) is 18.6. The first-order valence-electron chi connectivity index (χ1n) is 10.1. The number of rotatable bonds is 3. The molecule has 0 amide bonds. The number of hydrogen-bond acceptors (Lipinski definition) is 4. The lowest BCUT2D eigenvalue weighted by Gasteiger charge is -2.34. The summed E-state index contributed by atoms with van der Waals surface area (Å²) in [7, 11) is 2.15. The minimum absolute atomic E-state index is 0.00149. The standard InChI is InChI=1S/C24H30N4/c1-19-9-11-20(12-10-19)27-15-17-28(18-16-27)25-14-13-23-24(2,3)21-7-5-6-8-22(21)26(23)4/h5-14H,15-18H2,1-4H3/b23-13-,25-14+. The van der Waals surface area contributed by atoms with Crippen LogP contribution in [0.1, 0.15) is 25.0 Å². The van der Waals surface area contributed by atoms with E-state index in [2.05, 4.69) is 97.2 Å². The Morgan fingerprint density at radius 2 is 1.61 bits per heavy atom. The van der Waals surface area contributed by atoms with E-state index >= 15 is 0 Å². The zero-order valence-corrected chi connectivity index (χ0v) is 17.4. The first-order valence-corrected chi connectivity index (χ1v) is 10.1. The lowest BCUT2D eigenvalue weighted by molar-refractivity contribution is 0.272. The van der Waals surface area contributed by atoms with Gasteiger partial charge in [0.25, 0.3) is 0 Å². The Labute approximate surface area is 168 Å². The number of allylic oxidation sites excluding steroid dienone is 2. The van der Waals surface area contributed by atoms with Gasteiger partial charge in [-0.25, -0.2) is 0 Å². The van der Waals surface area contributed by atoms with Gasteiger partial charge in [-0.1, -0.05) is 49.7 Å². The molecule has 4 heteroatoms. The van der Waals surface area contributed by atoms with Gasteiger partial charge < -0.3 is 9.80 Å². The molecule has 2 aromatic carbocycles. The number of para-hydroxylation sites is 1. The molecule has 2 aliphatic rings. The van der Waals surface area contributed by atoms with Crippen LogP contribution >= 0.6 is 0 Å². The maximum Gasteiger partial charge on any atom is 0.0536 e. The Morgan fingerprint density at radius 3 is 2.29 bits per heavy atom. The van der Waals surface area contributed by atoms with Crippen LogP contribution in [0.5, 0.6) is 0 Å². The number of fused-ring (bicyclic) bond motifs is 1. The number of piperazine rings is 1. The summed E-state index contributed by atoms with van der Waals surface area (Å²) < 4.78 is 0. The van der Waals surface area contributed by atoms with Crippen molar-refractivity contribution >= 4 is 17.6 Å². The molecule has 0 saturated carbocycles. The van der Waals surface area contributed by atoms with Gasteiger partial charge in [-0.05, 0) is 36.8 Å². The minimum atomic E-state index is 0.00149. The van der Waals surface area contributed by atoms with Crippen molar-refractivity contribution in [2.75, 3.05) is 43.0 Å². The Balaban J connectivity index is 1.40. The number of hydrazone groups is 1. The number of aryl methyl sites for hydroxylation is 1. The average Bonchev–Trinajstić information content (AvgIpc) is 2.90. The third-order valence-electron chi connectivity index (χ3n) is 6.06. The highest BCUT2D eigenvalue weighted by molar-refractivity contribution is 5.79. The predicted molar refractivity (Wildman–Crippen MR) is 119 cm³/mol. The smallest absolute Gasteiger partial charge is 0.0536 e. The topological polar surface area (TPSA) is 22.1 Å². The fourth-order valence-corrected chi connectivity index (χ4v) is 4.33. The fourth-order valence-electron chi connectivity index (χ4n) is 4.33. The van der Waals surface area contributed by atoms with E-state index < -0.39 is 0 Å². The Morgan fingerprint density at radius 1 is 0.929 bits per heavy atom. The van der Waals surface area contributed by atoms with Crippen LogP contribution in [0, 0.1) is 6.92 Å². The first-order chi connectivity index (χ1) is 13.5. The van der Waals surface area contributed by atoms with Gasteiger partial charge in [0.1, 0.15) is 0 Å². The summed E-state index contributed by atoms with van der Waals surface area (Å²) in [5.74, 6) is 0. The summed E-state index contributed by atoms with van der Waals surface area (Å²) in [5.41, 5.74) is 6.57. The highest BCUT2D eigenvalue weighted by atomic mass is 15.5. The zero-order chi connectivity index (χ0) is 19.7. The molecule has 0 aromatic heterocycles. The molecule has 4 rings (SSSR count). The highest BCUT2D eigenvalue weighted by Crippen LogP contribution is 2.46. The number of likely N-dealkylation sites (N-methyl/N-ethyl adjacent to an activating group) is 1. The van der Waals surface area contributed by atoms with Crippen molar-refractivity contribution < 1.29 is 0 Å². The lowest BCUT2D eigenvalue weighted by atomic mass is 9.84. The van der Waals surface area contributed by atoms with Crippen LogP contribution in [0.4, 0.5) is 11.4 Å². The third kappa shape index (κ3) is 3.39. The van der Waals surface area contributed by atoms with Gasteiger partial charge in [-0.15, -0.1) is 0 Å². The number of anilines is 2. The van der Waals surface area contributed by atoms with Gasteiger partial charge in [0.05, 0.1) is 13.1 Å². The van der Waals surface area contributed by atoms with Crippen molar-refractivity contribution in [3.63, 3.8) is 0 Å². The van der Waals surface area contributed by atoms with Crippen molar-refractivity contribution in [3.8, 4) is 0 Å². The maximum atomic E-state index is 4.73. The second kappa shape index (κ2) is 7.34. The monoisotopic (exact) mass is 374 g/mol. The molecule has 4 nitrogen and oxygen atoms in total.